The highest BCUT2D eigenvalue weighted by molar-refractivity contribution is 9.10. The maximum absolute atomic E-state index is 11.2. The van der Waals surface area contributed by atoms with E-state index in [0.717, 1.165) is 0 Å². The quantitative estimate of drug-likeness (QED) is 0.679. The molecule has 86 valence electrons. The molecule has 0 saturated heterocycles. The van der Waals surface area contributed by atoms with Gasteiger partial charge in [0, 0.05) is 0 Å². The zero-order valence-electron chi connectivity index (χ0n) is 8.27. The zero-order chi connectivity index (χ0) is 12.3. The Morgan fingerprint density at radius 2 is 2.25 bits per heavy atom. The van der Waals surface area contributed by atoms with Crippen molar-refractivity contribution in [2.75, 3.05) is 0 Å². The van der Waals surface area contributed by atoms with E-state index in [2.05, 4.69) is 20.8 Å². The molecular weight excluding hydrogens is 282 g/mol. The van der Waals surface area contributed by atoms with Crippen LogP contribution in [-0.2, 0) is 11.3 Å². The van der Waals surface area contributed by atoms with Gasteiger partial charge in [-0.25, -0.2) is 4.84 Å². The number of hydrogen-bond acceptors (Lipinski definition) is 5. The average molecular weight is 290 g/mol. The summed E-state index contributed by atoms with van der Waals surface area (Å²) in [5.74, 6) is -1.24. The predicted octanol–water partition coefficient (Wildman–Crippen LogP) is 2.07. The molecule has 0 aromatic heterocycles. The van der Waals surface area contributed by atoms with Gasteiger partial charge < -0.3 is 5.11 Å². The number of halogens is 1. The normalized spacial score (nSPS) is 9.88. The number of carbonyl (C=O) groups excluding carboxylic acids is 1. The van der Waals surface area contributed by atoms with Gasteiger partial charge in [0.2, 0.25) is 0 Å². The van der Waals surface area contributed by atoms with Crippen molar-refractivity contribution in [2.24, 2.45) is 0 Å². The number of benzene rings is 1. The highest BCUT2D eigenvalue weighted by Gasteiger charge is 2.18. The monoisotopic (exact) mass is 289 g/mol. The van der Waals surface area contributed by atoms with Crippen molar-refractivity contribution < 1.29 is 19.8 Å². The van der Waals surface area contributed by atoms with Crippen molar-refractivity contribution in [3.05, 3.63) is 37.8 Å². The third-order valence-electron chi connectivity index (χ3n) is 1.96. The van der Waals surface area contributed by atoms with E-state index in [1.165, 1.54) is 12.1 Å². The molecule has 16 heavy (non-hydrogen) atoms. The van der Waals surface area contributed by atoms with Gasteiger partial charge in [0.15, 0.2) is 0 Å². The third kappa shape index (κ3) is 2.48. The molecule has 1 aromatic carbocycles. The number of nitrogens with zero attached hydrogens (tertiary/aromatic N) is 1. The molecule has 0 saturated carbocycles. The standard InChI is InChI=1S/C9H8BrNO5/c1-2-5-3-4-6(7(10)8(5)12)9(13)16-11(14)15/h3-4,12H,2H2,1H3. The van der Waals surface area contributed by atoms with E-state index in [1.54, 1.807) is 0 Å². The number of phenols is 1. The van der Waals surface area contributed by atoms with Crippen molar-refractivity contribution in [1.29, 1.82) is 0 Å². The summed E-state index contributed by atoms with van der Waals surface area (Å²) >= 11 is 2.99. The molecule has 0 spiro atoms. The Labute approximate surface area is 99.1 Å². The second-order valence-corrected chi connectivity index (χ2v) is 3.68. The summed E-state index contributed by atoms with van der Waals surface area (Å²) in [5.41, 5.74) is 0.538. The SMILES string of the molecule is CCc1ccc(C(=O)O[N+](=O)[O-])c(Br)c1O. The minimum Gasteiger partial charge on any atom is -0.506 e. The zero-order valence-corrected chi connectivity index (χ0v) is 9.85. The Morgan fingerprint density at radius 3 is 2.75 bits per heavy atom. The Morgan fingerprint density at radius 1 is 1.62 bits per heavy atom. The van der Waals surface area contributed by atoms with Crippen LogP contribution in [0.15, 0.2) is 16.6 Å². The first-order chi connectivity index (χ1) is 7.47. The molecule has 1 N–H and O–H groups in total. The summed E-state index contributed by atoms with van der Waals surface area (Å²) in [5, 5.41) is 18.4. The summed E-state index contributed by atoms with van der Waals surface area (Å²) in [6.07, 6.45) is 0.578. The Kier molecular flexibility index (Phi) is 3.83. The van der Waals surface area contributed by atoms with Crippen molar-refractivity contribution in [2.45, 2.75) is 13.3 Å². The van der Waals surface area contributed by atoms with E-state index < -0.39 is 11.1 Å². The molecular formula is C9H8BrNO5. The van der Waals surface area contributed by atoms with Gasteiger partial charge in [-0.15, -0.1) is 10.1 Å². The van der Waals surface area contributed by atoms with Crippen LogP contribution < -0.4 is 0 Å². The highest BCUT2D eigenvalue weighted by atomic mass is 79.9. The van der Waals surface area contributed by atoms with Crippen molar-refractivity contribution >= 4 is 21.9 Å². The molecule has 0 radical (unpaired) electrons. The molecule has 0 aliphatic rings. The summed E-state index contributed by atoms with van der Waals surface area (Å²) in [7, 11) is 0. The van der Waals surface area contributed by atoms with Gasteiger partial charge in [-0.2, -0.15) is 0 Å². The van der Waals surface area contributed by atoms with Gasteiger partial charge in [0.05, 0.1) is 10.0 Å². The van der Waals surface area contributed by atoms with Crippen LogP contribution in [0.25, 0.3) is 0 Å². The molecule has 6 nitrogen and oxygen atoms in total. The van der Waals surface area contributed by atoms with Gasteiger partial charge in [-0.1, -0.05) is 13.0 Å². The minimum absolute atomic E-state index is 0.0913. The predicted molar refractivity (Wildman–Crippen MR) is 57.6 cm³/mol. The number of aromatic hydroxyl groups is 1. The summed E-state index contributed by atoms with van der Waals surface area (Å²) in [6.45, 7) is 1.83. The smallest absolute Gasteiger partial charge is 0.335 e. The van der Waals surface area contributed by atoms with Crippen LogP contribution in [0.5, 0.6) is 5.75 Å². The molecule has 1 aromatic rings. The maximum Gasteiger partial charge on any atom is 0.335 e. The molecule has 0 heterocycles. The molecule has 0 aliphatic heterocycles. The van der Waals surface area contributed by atoms with Gasteiger partial charge >= 0.3 is 11.1 Å². The van der Waals surface area contributed by atoms with Gasteiger partial charge in [-0.3, -0.25) is 4.79 Å². The van der Waals surface area contributed by atoms with Crippen LogP contribution in [0.4, 0.5) is 0 Å². The fourth-order valence-electron chi connectivity index (χ4n) is 1.16. The number of rotatable bonds is 3. The lowest BCUT2D eigenvalue weighted by Gasteiger charge is -2.07. The Balaban J connectivity index is 3.12. The van der Waals surface area contributed by atoms with Crippen molar-refractivity contribution in [3.63, 3.8) is 0 Å². The van der Waals surface area contributed by atoms with Crippen molar-refractivity contribution in [3.8, 4) is 5.75 Å². The number of phenolic OH excluding ortho intramolecular Hbond substituents is 1. The average Bonchev–Trinajstić information content (AvgIpc) is 2.20. The molecule has 0 fully saturated rings. The first kappa shape index (κ1) is 12.4. The van der Waals surface area contributed by atoms with Gasteiger partial charge in [0.25, 0.3) is 0 Å². The van der Waals surface area contributed by atoms with Crippen LogP contribution in [0.2, 0.25) is 0 Å². The van der Waals surface area contributed by atoms with Crippen LogP contribution in [0.1, 0.15) is 22.8 Å². The summed E-state index contributed by atoms with van der Waals surface area (Å²) in [4.78, 5) is 25.0. The second kappa shape index (κ2) is 4.93. The third-order valence-corrected chi connectivity index (χ3v) is 2.76. The molecule has 0 bridgehead atoms. The molecule has 1 rings (SSSR count). The summed E-state index contributed by atoms with van der Waals surface area (Å²) in [6, 6.07) is 2.87. The molecule has 0 unspecified atom stereocenters. The Hall–Kier alpha value is -1.63. The molecule has 0 atom stereocenters. The van der Waals surface area contributed by atoms with Crippen LogP contribution >= 0.6 is 15.9 Å². The lowest BCUT2D eigenvalue weighted by atomic mass is 10.1. The summed E-state index contributed by atoms with van der Waals surface area (Å²) < 4.78 is 0.0960. The first-order valence-corrected chi connectivity index (χ1v) is 5.13. The molecule has 0 aliphatic carbocycles. The van der Waals surface area contributed by atoms with E-state index in [-0.39, 0.29) is 15.8 Å². The maximum atomic E-state index is 11.2. The molecule has 7 heteroatoms. The second-order valence-electron chi connectivity index (χ2n) is 2.89. The van der Waals surface area contributed by atoms with E-state index in [4.69, 9.17) is 0 Å². The van der Waals surface area contributed by atoms with E-state index in [0.29, 0.717) is 12.0 Å². The fraction of sp³-hybridized carbons (Fsp3) is 0.222. The van der Waals surface area contributed by atoms with E-state index in [1.807, 2.05) is 6.92 Å². The van der Waals surface area contributed by atoms with Crippen molar-refractivity contribution in [1.82, 2.24) is 0 Å². The lowest BCUT2D eigenvalue weighted by Crippen LogP contribution is -2.11. The number of aryl methyl sites for hydroxylation is 1. The lowest BCUT2D eigenvalue weighted by molar-refractivity contribution is -0.727. The van der Waals surface area contributed by atoms with E-state index >= 15 is 0 Å². The topological polar surface area (TPSA) is 89.7 Å². The highest BCUT2D eigenvalue weighted by Crippen LogP contribution is 2.32. The minimum atomic E-state index is -1.19. The number of carbonyl (C=O) groups is 1. The van der Waals surface area contributed by atoms with Crippen LogP contribution in [0.3, 0.4) is 0 Å². The molecule has 0 amide bonds. The van der Waals surface area contributed by atoms with Crippen LogP contribution in [0, 0.1) is 10.1 Å². The number of hydrogen-bond donors (Lipinski definition) is 1. The van der Waals surface area contributed by atoms with Gasteiger partial charge in [0.1, 0.15) is 5.75 Å². The Bertz CT molecular complexity index is 446. The fourth-order valence-corrected chi connectivity index (χ4v) is 1.71. The van der Waals surface area contributed by atoms with Gasteiger partial charge in [-0.05, 0) is 34.0 Å². The van der Waals surface area contributed by atoms with Crippen LogP contribution in [-0.4, -0.2) is 16.2 Å². The first-order valence-electron chi connectivity index (χ1n) is 4.34. The largest absolute Gasteiger partial charge is 0.506 e. The van der Waals surface area contributed by atoms with E-state index in [9.17, 15) is 20.0 Å².